The molecule has 1 heterocycles. The molecule has 1 aromatic carbocycles. The molecule has 18 heavy (non-hydrogen) atoms. The molecule has 0 aliphatic heterocycles. The van der Waals surface area contributed by atoms with Crippen LogP contribution in [0.15, 0.2) is 33.1 Å². The van der Waals surface area contributed by atoms with Gasteiger partial charge in [-0.05, 0) is 17.7 Å². The van der Waals surface area contributed by atoms with Gasteiger partial charge in [-0.25, -0.2) is 13.6 Å². The van der Waals surface area contributed by atoms with Crippen LogP contribution in [0.1, 0.15) is 12.0 Å². The van der Waals surface area contributed by atoms with Crippen molar-refractivity contribution in [1.82, 2.24) is 4.98 Å². The minimum atomic E-state index is -2.02. The van der Waals surface area contributed by atoms with Crippen LogP contribution in [-0.4, -0.2) is 13.7 Å². The maximum absolute atomic E-state index is 13.5. The zero-order valence-corrected chi connectivity index (χ0v) is 14.6. The summed E-state index contributed by atoms with van der Waals surface area (Å²) in [7, 11) is 0. The van der Waals surface area contributed by atoms with E-state index < -0.39 is 11.1 Å². The van der Waals surface area contributed by atoms with Gasteiger partial charge in [0.2, 0.25) is 0 Å². The molecule has 0 bridgehead atoms. The van der Waals surface area contributed by atoms with Gasteiger partial charge in [-0.2, -0.15) is 0 Å². The quantitative estimate of drug-likeness (QED) is 0.634. The van der Waals surface area contributed by atoms with E-state index in [4.69, 9.17) is 4.55 Å². The van der Waals surface area contributed by atoms with Crippen molar-refractivity contribution in [2.75, 3.05) is 0 Å². The Kier molecular flexibility index (Phi) is 6.60. The van der Waals surface area contributed by atoms with E-state index in [1.54, 1.807) is 12.1 Å². The Hall–Kier alpha value is 0.370. The first kappa shape index (κ1) is 16.4. The molecule has 0 radical (unpaired) electrons. The number of rotatable bonds is 3. The first-order valence-corrected chi connectivity index (χ1v) is 7.27. The van der Waals surface area contributed by atoms with E-state index in [0.717, 1.165) is 11.3 Å². The zero-order chi connectivity index (χ0) is 12.4. The van der Waals surface area contributed by atoms with E-state index in [1.165, 1.54) is 12.3 Å². The molecule has 2 aromatic rings. The molecule has 8 heteroatoms. The van der Waals surface area contributed by atoms with Crippen LogP contribution >= 0.6 is 27.3 Å². The normalized spacial score (nSPS) is 11.9. The molecule has 2 rings (SSSR count). The zero-order valence-electron chi connectivity index (χ0n) is 10.4. The SMILES string of the molecule is O=S(O)c1cnc(Cc2ccc(Br)cc2F)s1.[H-].[Na+]. The van der Waals surface area contributed by atoms with Gasteiger partial charge in [0.25, 0.3) is 0 Å². The fraction of sp³-hybridized carbons (Fsp3) is 0.100. The molecular weight excluding hydrogens is 352 g/mol. The van der Waals surface area contributed by atoms with Crippen molar-refractivity contribution in [3.63, 3.8) is 0 Å². The van der Waals surface area contributed by atoms with Crippen LogP contribution in [-0.2, 0) is 17.5 Å². The fourth-order valence-corrected chi connectivity index (χ4v) is 3.00. The van der Waals surface area contributed by atoms with Gasteiger partial charge < -0.3 is 5.98 Å². The minimum Gasteiger partial charge on any atom is -1.00 e. The molecular formula is C10H8BrFNNaO2S2. The van der Waals surface area contributed by atoms with Crippen molar-refractivity contribution >= 4 is 38.3 Å². The summed E-state index contributed by atoms with van der Waals surface area (Å²) in [6.07, 6.45) is 1.66. The van der Waals surface area contributed by atoms with Crippen LogP contribution in [0.25, 0.3) is 0 Å². The number of aromatic nitrogens is 1. The molecule has 1 atom stereocenters. The van der Waals surface area contributed by atoms with E-state index in [-0.39, 0.29) is 41.0 Å². The molecule has 92 valence electrons. The Morgan fingerprint density at radius 2 is 2.28 bits per heavy atom. The topological polar surface area (TPSA) is 50.2 Å². The monoisotopic (exact) mass is 359 g/mol. The summed E-state index contributed by atoms with van der Waals surface area (Å²) in [5.74, 6) is -0.318. The maximum atomic E-state index is 13.5. The summed E-state index contributed by atoms with van der Waals surface area (Å²) in [5, 5.41) is 0.614. The molecule has 1 aromatic heterocycles. The number of hydrogen-bond donors (Lipinski definition) is 1. The smallest absolute Gasteiger partial charge is 1.00 e. The molecule has 1 N–H and O–H groups in total. The standard InChI is InChI=1S/C10H7BrFNO2S2.Na.H/c11-7-2-1-6(8(12)4-7)3-9-13-5-10(16-9)17(14)15;;/h1-2,4-5H,3H2,(H,14,15);;/q;+1;-1. The van der Waals surface area contributed by atoms with Gasteiger partial charge in [0.05, 0.1) is 11.2 Å². The van der Waals surface area contributed by atoms with Crippen molar-refractivity contribution in [1.29, 1.82) is 0 Å². The summed E-state index contributed by atoms with van der Waals surface area (Å²) >= 11 is 2.27. The third-order valence-electron chi connectivity index (χ3n) is 2.06. The van der Waals surface area contributed by atoms with Gasteiger partial charge in [-0.1, -0.05) is 22.0 Å². The Labute approximate surface area is 142 Å². The largest absolute Gasteiger partial charge is 1.00 e. The second-order valence-corrected chi connectivity index (χ2v) is 6.46. The summed E-state index contributed by atoms with van der Waals surface area (Å²) < 4.78 is 34.1. The molecule has 0 aliphatic carbocycles. The van der Waals surface area contributed by atoms with Crippen molar-refractivity contribution in [2.45, 2.75) is 10.6 Å². The Morgan fingerprint density at radius 3 is 2.83 bits per heavy atom. The Balaban J connectivity index is 0.00000162. The minimum absolute atomic E-state index is 0. The maximum Gasteiger partial charge on any atom is 1.00 e. The molecule has 1 unspecified atom stereocenters. The number of benzene rings is 1. The second-order valence-electron chi connectivity index (χ2n) is 3.23. The van der Waals surface area contributed by atoms with Crippen LogP contribution in [0.3, 0.4) is 0 Å². The predicted molar refractivity (Wildman–Crippen MR) is 69.2 cm³/mol. The van der Waals surface area contributed by atoms with Crippen LogP contribution < -0.4 is 29.6 Å². The van der Waals surface area contributed by atoms with E-state index in [1.807, 2.05) is 0 Å². The van der Waals surface area contributed by atoms with Crippen LogP contribution in [0.4, 0.5) is 4.39 Å². The molecule has 0 saturated carbocycles. The van der Waals surface area contributed by atoms with Crippen molar-refractivity contribution in [3.05, 3.63) is 45.3 Å². The second kappa shape index (κ2) is 7.23. The van der Waals surface area contributed by atoms with E-state index in [9.17, 15) is 8.60 Å². The predicted octanol–water partition coefficient (Wildman–Crippen LogP) is 0.333. The van der Waals surface area contributed by atoms with Gasteiger partial charge in [0, 0.05) is 10.9 Å². The number of halogens is 2. The van der Waals surface area contributed by atoms with Gasteiger partial charge in [0.1, 0.15) is 10.0 Å². The Bertz CT molecular complexity index is 584. The van der Waals surface area contributed by atoms with Crippen molar-refractivity contribution in [2.24, 2.45) is 0 Å². The van der Waals surface area contributed by atoms with Gasteiger partial charge in [-0.3, -0.25) is 0 Å². The fourth-order valence-electron chi connectivity index (χ4n) is 1.28. The van der Waals surface area contributed by atoms with Gasteiger partial charge >= 0.3 is 29.6 Å². The van der Waals surface area contributed by atoms with Gasteiger partial charge in [-0.15, -0.1) is 11.3 Å². The first-order valence-electron chi connectivity index (χ1n) is 4.56. The molecule has 0 saturated heterocycles. The number of nitrogens with zero attached hydrogens (tertiary/aromatic N) is 1. The Morgan fingerprint density at radius 1 is 1.56 bits per heavy atom. The summed E-state index contributed by atoms with van der Waals surface area (Å²) in [4.78, 5) is 3.98. The molecule has 0 fully saturated rings. The summed E-state index contributed by atoms with van der Waals surface area (Å²) in [5.41, 5.74) is 0.512. The molecule has 3 nitrogen and oxygen atoms in total. The summed E-state index contributed by atoms with van der Waals surface area (Å²) in [6, 6.07) is 4.79. The number of thiazole rings is 1. The van der Waals surface area contributed by atoms with Crippen LogP contribution in [0.5, 0.6) is 0 Å². The average molecular weight is 360 g/mol. The van der Waals surface area contributed by atoms with E-state index in [2.05, 4.69) is 20.9 Å². The van der Waals surface area contributed by atoms with Crippen LogP contribution in [0.2, 0.25) is 0 Å². The van der Waals surface area contributed by atoms with Crippen LogP contribution in [0, 0.1) is 5.82 Å². The van der Waals surface area contributed by atoms with Crippen molar-refractivity contribution < 1.29 is 44.1 Å². The van der Waals surface area contributed by atoms with E-state index >= 15 is 0 Å². The number of hydrogen-bond acceptors (Lipinski definition) is 3. The summed E-state index contributed by atoms with van der Waals surface area (Å²) in [6.45, 7) is 0. The molecule has 0 aliphatic rings. The van der Waals surface area contributed by atoms with Gasteiger partial charge in [0.15, 0.2) is 11.1 Å². The third kappa shape index (κ3) is 4.19. The van der Waals surface area contributed by atoms with E-state index in [0.29, 0.717) is 21.5 Å². The van der Waals surface area contributed by atoms with Crippen molar-refractivity contribution in [3.8, 4) is 0 Å². The average Bonchev–Trinajstić information content (AvgIpc) is 2.71. The molecule has 0 amide bonds. The first-order chi connectivity index (χ1) is 8.06. The third-order valence-corrected chi connectivity index (χ3v) is 4.47. The molecule has 0 spiro atoms.